The van der Waals surface area contributed by atoms with Crippen LogP contribution in [-0.4, -0.2) is 28.0 Å². The van der Waals surface area contributed by atoms with Crippen molar-refractivity contribution >= 4 is 5.91 Å². The molecule has 0 aliphatic rings. The predicted molar refractivity (Wildman–Crippen MR) is 77.8 cm³/mol. The molecule has 2 aromatic heterocycles. The van der Waals surface area contributed by atoms with E-state index in [-0.39, 0.29) is 18.2 Å². The molecule has 3 aromatic rings. The standard InChI is InChI=1S/C15H14N4O3/c1-21-13-6-4-12(5-7-13)19-10-11(17-18-19)9-16-15(20)14-3-2-8-22-14/h2-8,10H,9H2,1H3,(H,16,20). The van der Waals surface area contributed by atoms with E-state index in [1.165, 1.54) is 6.26 Å². The van der Waals surface area contributed by atoms with E-state index in [0.29, 0.717) is 5.69 Å². The fourth-order valence-electron chi connectivity index (χ4n) is 1.91. The van der Waals surface area contributed by atoms with Gasteiger partial charge in [-0.25, -0.2) is 4.68 Å². The molecule has 1 N–H and O–H groups in total. The molecular formula is C15H14N4O3. The average molecular weight is 298 g/mol. The normalized spacial score (nSPS) is 10.4. The summed E-state index contributed by atoms with van der Waals surface area (Å²) in [7, 11) is 1.62. The number of nitrogens with zero attached hydrogens (tertiary/aromatic N) is 3. The van der Waals surface area contributed by atoms with E-state index < -0.39 is 0 Å². The lowest BCUT2D eigenvalue weighted by Crippen LogP contribution is -2.22. The summed E-state index contributed by atoms with van der Waals surface area (Å²) in [6, 6.07) is 10.7. The number of benzene rings is 1. The smallest absolute Gasteiger partial charge is 0.287 e. The zero-order valence-electron chi connectivity index (χ0n) is 11.9. The minimum atomic E-state index is -0.288. The molecule has 0 fully saturated rings. The number of carbonyl (C=O) groups is 1. The zero-order chi connectivity index (χ0) is 15.4. The Balaban J connectivity index is 1.64. The lowest BCUT2D eigenvalue weighted by molar-refractivity contribution is 0.0922. The van der Waals surface area contributed by atoms with Gasteiger partial charge in [0.1, 0.15) is 11.4 Å². The molecule has 3 rings (SSSR count). The van der Waals surface area contributed by atoms with Gasteiger partial charge in [0, 0.05) is 0 Å². The second-order valence-corrected chi connectivity index (χ2v) is 4.51. The van der Waals surface area contributed by atoms with Gasteiger partial charge in [-0.15, -0.1) is 5.10 Å². The maximum atomic E-state index is 11.8. The van der Waals surface area contributed by atoms with Crippen LogP contribution in [0, 0.1) is 0 Å². The Morgan fingerprint density at radius 2 is 2.14 bits per heavy atom. The van der Waals surface area contributed by atoms with Crippen LogP contribution < -0.4 is 10.1 Å². The van der Waals surface area contributed by atoms with Crippen molar-refractivity contribution in [3.8, 4) is 11.4 Å². The molecule has 7 nitrogen and oxygen atoms in total. The molecule has 112 valence electrons. The van der Waals surface area contributed by atoms with Gasteiger partial charge in [-0.1, -0.05) is 5.21 Å². The lowest BCUT2D eigenvalue weighted by atomic mass is 10.3. The molecule has 0 aliphatic carbocycles. The SMILES string of the molecule is COc1ccc(-n2cc(CNC(=O)c3ccco3)nn2)cc1. The first-order valence-corrected chi connectivity index (χ1v) is 6.63. The zero-order valence-corrected chi connectivity index (χ0v) is 11.9. The van der Waals surface area contributed by atoms with Crippen LogP contribution in [0.4, 0.5) is 0 Å². The summed E-state index contributed by atoms with van der Waals surface area (Å²) < 4.78 is 11.8. The Labute approximate surface area is 126 Å². The summed E-state index contributed by atoms with van der Waals surface area (Å²) in [5.41, 5.74) is 1.51. The topological polar surface area (TPSA) is 82.2 Å². The summed E-state index contributed by atoms with van der Waals surface area (Å²) in [5.74, 6) is 0.751. The van der Waals surface area contributed by atoms with Gasteiger partial charge in [-0.05, 0) is 36.4 Å². The van der Waals surface area contributed by atoms with Crippen LogP contribution >= 0.6 is 0 Å². The molecule has 0 aliphatic heterocycles. The van der Waals surface area contributed by atoms with Gasteiger partial charge in [0.2, 0.25) is 0 Å². The molecule has 0 spiro atoms. The minimum Gasteiger partial charge on any atom is -0.497 e. The van der Waals surface area contributed by atoms with Crippen molar-refractivity contribution < 1.29 is 13.9 Å². The van der Waals surface area contributed by atoms with Gasteiger partial charge in [0.25, 0.3) is 5.91 Å². The first-order valence-electron chi connectivity index (χ1n) is 6.63. The number of carbonyl (C=O) groups excluding carboxylic acids is 1. The number of ether oxygens (including phenoxy) is 1. The summed E-state index contributed by atoms with van der Waals surface area (Å²) in [6.45, 7) is 0.274. The number of furan rings is 1. The first-order chi connectivity index (χ1) is 10.8. The number of methoxy groups -OCH3 is 1. The molecule has 7 heteroatoms. The molecule has 0 atom stereocenters. The first kappa shape index (κ1) is 13.9. The van der Waals surface area contributed by atoms with E-state index >= 15 is 0 Å². The molecule has 0 saturated heterocycles. The van der Waals surface area contributed by atoms with Gasteiger partial charge in [0.15, 0.2) is 5.76 Å². The lowest BCUT2D eigenvalue weighted by Gasteiger charge is -2.02. The van der Waals surface area contributed by atoms with Crippen LogP contribution in [0.5, 0.6) is 5.75 Å². The van der Waals surface area contributed by atoms with Crippen molar-refractivity contribution in [1.29, 1.82) is 0 Å². The Morgan fingerprint density at radius 3 is 2.82 bits per heavy atom. The fourth-order valence-corrected chi connectivity index (χ4v) is 1.91. The fraction of sp³-hybridized carbons (Fsp3) is 0.133. The maximum Gasteiger partial charge on any atom is 0.287 e. The van der Waals surface area contributed by atoms with Crippen LogP contribution in [0.2, 0.25) is 0 Å². The summed E-state index contributed by atoms with van der Waals surface area (Å²) >= 11 is 0. The molecular weight excluding hydrogens is 284 g/mol. The summed E-state index contributed by atoms with van der Waals surface area (Å²) in [6.07, 6.45) is 3.21. The highest BCUT2D eigenvalue weighted by Gasteiger charge is 2.09. The maximum absolute atomic E-state index is 11.8. The second-order valence-electron chi connectivity index (χ2n) is 4.51. The molecule has 1 amide bonds. The number of hydrogen-bond acceptors (Lipinski definition) is 5. The summed E-state index contributed by atoms with van der Waals surface area (Å²) in [4.78, 5) is 11.8. The van der Waals surface area contributed by atoms with Crippen LogP contribution in [0.1, 0.15) is 16.2 Å². The van der Waals surface area contributed by atoms with Gasteiger partial charge >= 0.3 is 0 Å². The second kappa shape index (κ2) is 6.13. The Bertz CT molecular complexity index is 747. The van der Waals surface area contributed by atoms with Crippen molar-refractivity contribution in [1.82, 2.24) is 20.3 Å². The molecule has 0 saturated carbocycles. The minimum absolute atomic E-state index is 0.266. The predicted octanol–water partition coefficient (Wildman–Crippen LogP) is 1.80. The van der Waals surface area contributed by atoms with E-state index in [1.807, 2.05) is 24.3 Å². The van der Waals surface area contributed by atoms with Crippen molar-refractivity contribution in [2.45, 2.75) is 6.54 Å². The highest BCUT2D eigenvalue weighted by atomic mass is 16.5. The van der Waals surface area contributed by atoms with Crippen LogP contribution in [0.15, 0.2) is 53.3 Å². The quantitative estimate of drug-likeness (QED) is 0.776. The van der Waals surface area contributed by atoms with Crippen molar-refractivity contribution in [2.75, 3.05) is 7.11 Å². The number of aromatic nitrogens is 3. The largest absolute Gasteiger partial charge is 0.497 e. The Morgan fingerprint density at radius 1 is 1.32 bits per heavy atom. The third-order valence-electron chi connectivity index (χ3n) is 3.05. The molecule has 0 bridgehead atoms. The van der Waals surface area contributed by atoms with E-state index in [1.54, 1.807) is 30.1 Å². The van der Waals surface area contributed by atoms with Crippen LogP contribution in [-0.2, 0) is 6.54 Å². The van der Waals surface area contributed by atoms with Gasteiger partial charge in [-0.3, -0.25) is 4.79 Å². The third-order valence-corrected chi connectivity index (χ3v) is 3.05. The van der Waals surface area contributed by atoms with Crippen LogP contribution in [0.25, 0.3) is 5.69 Å². The third kappa shape index (κ3) is 2.98. The van der Waals surface area contributed by atoms with E-state index in [2.05, 4.69) is 15.6 Å². The summed E-state index contributed by atoms with van der Waals surface area (Å²) in [5, 5.41) is 10.8. The van der Waals surface area contributed by atoms with Crippen molar-refractivity contribution in [2.24, 2.45) is 0 Å². The molecule has 0 unspecified atom stereocenters. The van der Waals surface area contributed by atoms with E-state index in [4.69, 9.17) is 9.15 Å². The van der Waals surface area contributed by atoms with E-state index in [0.717, 1.165) is 11.4 Å². The highest BCUT2D eigenvalue weighted by Crippen LogP contribution is 2.14. The van der Waals surface area contributed by atoms with Crippen molar-refractivity contribution in [3.63, 3.8) is 0 Å². The average Bonchev–Trinajstić information content (AvgIpc) is 3.24. The number of rotatable bonds is 5. The van der Waals surface area contributed by atoms with Gasteiger partial charge < -0.3 is 14.5 Å². The number of amides is 1. The monoisotopic (exact) mass is 298 g/mol. The van der Waals surface area contributed by atoms with Crippen molar-refractivity contribution in [3.05, 3.63) is 60.3 Å². The van der Waals surface area contributed by atoms with Gasteiger partial charge in [-0.2, -0.15) is 0 Å². The van der Waals surface area contributed by atoms with Gasteiger partial charge in [0.05, 0.1) is 31.8 Å². The highest BCUT2D eigenvalue weighted by molar-refractivity contribution is 5.91. The molecule has 1 aromatic carbocycles. The molecule has 2 heterocycles. The molecule has 22 heavy (non-hydrogen) atoms. The number of nitrogens with one attached hydrogen (secondary N) is 1. The molecule has 0 radical (unpaired) electrons. The number of hydrogen-bond donors (Lipinski definition) is 1. The van der Waals surface area contributed by atoms with Crippen LogP contribution in [0.3, 0.4) is 0 Å². The van der Waals surface area contributed by atoms with E-state index in [9.17, 15) is 4.79 Å². The Kier molecular flexibility index (Phi) is 3.86. The Hall–Kier alpha value is -3.09.